The van der Waals surface area contributed by atoms with Crippen LogP contribution in [0, 0.1) is 0 Å². The molecular weight excluding hydrogens is 465 g/mol. The maximum Gasteiger partial charge on any atom is 0.417 e. The third kappa shape index (κ3) is 5.28. The molecule has 0 bridgehead atoms. The zero-order chi connectivity index (χ0) is 24.3. The molecule has 2 atom stereocenters. The topological polar surface area (TPSA) is 59.0 Å². The average molecular weight is 491 g/mol. The fourth-order valence-electron chi connectivity index (χ4n) is 4.32. The Labute approximate surface area is 201 Å². The number of amides is 1. The lowest BCUT2D eigenvalue weighted by Gasteiger charge is -2.32. The quantitative estimate of drug-likeness (QED) is 0.455. The van der Waals surface area contributed by atoms with Crippen LogP contribution in [0.25, 0.3) is 11.1 Å². The van der Waals surface area contributed by atoms with Crippen molar-refractivity contribution in [3.63, 3.8) is 0 Å². The molecule has 0 unspecified atom stereocenters. The summed E-state index contributed by atoms with van der Waals surface area (Å²) in [7, 11) is 0. The molecule has 1 aromatic heterocycles. The van der Waals surface area contributed by atoms with E-state index in [-0.39, 0.29) is 11.6 Å². The van der Waals surface area contributed by atoms with Gasteiger partial charge < -0.3 is 10.6 Å². The van der Waals surface area contributed by atoms with Crippen LogP contribution in [0.3, 0.4) is 0 Å². The molecule has 9 heteroatoms. The summed E-state index contributed by atoms with van der Waals surface area (Å²) in [5.41, 5.74) is 1.54. The van der Waals surface area contributed by atoms with E-state index in [4.69, 9.17) is 11.6 Å². The van der Waals surface area contributed by atoms with Crippen LogP contribution in [-0.2, 0) is 12.7 Å². The largest absolute Gasteiger partial charge is 0.417 e. The van der Waals surface area contributed by atoms with Crippen molar-refractivity contribution in [1.29, 1.82) is 0 Å². The Bertz CT molecular complexity index is 1160. The highest BCUT2D eigenvalue weighted by Crippen LogP contribution is 2.36. The number of nitrogens with one attached hydrogen (secondary N) is 2. The van der Waals surface area contributed by atoms with E-state index < -0.39 is 28.7 Å². The van der Waals surface area contributed by atoms with E-state index in [9.17, 15) is 18.0 Å². The van der Waals surface area contributed by atoms with Crippen molar-refractivity contribution in [2.45, 2.75) is 51.0 Å². The summed E-state index contributed by atoms with van der Waals surface area (Å²) in [6, 6.07) is 10.7. The molecule has 2 heterocycles. The smallest absolute Gasteiger partial charge is 0.344 e. The molecule has 0 saturated carbocycles. The number of piperidine rings is 1. The molecule has 0 aliphatic carbocycles. The number of aryl methyl sites for hydroxylation is 1. The highest BCUT2D eigenvalue weighted by molar-refractivity contribution is 6.34. The molecule has 1 saturated heterocycles. The molecule has 180 valence electrons. The number of aromatic nitrogens is 2. The van der Waals surface area contributed by atoms with Crippen LogP contribution >= 0.6 is 11.6 Å². The number of nitrogens with zero attached hydrogens (tertiary/aromatic N) is 2. The maximum atomic E-state index is 13.3. The Kier molecular flexibility index (Phi) is 7.28. The van der Waals surface area contributed by atoms with Gasteiger partial charge in [-0.05, 0) is 55.6 Å². The fourth-order valence-corrected chi connectivity index (χ4v) is 4.64. The van der Waals surface area contributed by atoms with Crippen molar-refractivity contribution in [2.24, 2.45) is 0 Å². The Morgan fingerprint density at radius 1 is 1.24 bits per heavy atom. The lowest BCUT2D eigenvalue weighted by molar-refractivity contribution is -0.137. The second-order valence-electron chi connectivity index (χ2n) is 8.38. The zero-order valence-electron chi connectivity index (χ0n) is 18.7. The predicted octanol–water partition coefficient (Wildman–Crippen LogP) is 5.86. The van der Waals surface area contributed by atoms with Gasteiger partial charge in [-0.25, -0.2) is 0 Å². The molecule has 34 heavy (non-hydrogen) atoms. The van der Waals surface area contributed by atoms with Gasteiger partial charge >= 0.3 is 6.18 Å². The summed E-state index contributed by atoms with van der Waals surface area (Å²) in [6.07, 6.45) is 1.96. The van der Waals surface area contributed by atoms with E-state index in [1.165, 1.54) is 12.1 Å². The van der Waals surface area contributed by atoms with Gasteiger partial charge in [0.1, 0.15) is 0 Å². The van der Waals surface area contributed by atoms with E-state index in [0.29, 0.717) is 0 Å². The van der Waals surface area contributed by atoms with Gasteiger partial charge in [0, 0.05) is 24.3 Å². The van der Waals surface area contributed by atoms with Crippen molar-refractivity contribution in [3.05, 3.63) is 76.6 Å². The van der Waals surface area contributed by atoms with E-state index in [1.54, 1.807) is 6.20 Å². The molecule has 2 N–H and O–H groups in total. The molecule has 2 aromatic carbocycles. The number of rotatable bonds is 6. The van der Waals surface area contributed by atoms with Crippen LogP contribution in [0.1, 0.15) is 53.7 Å². The summed E-state index contributed by atoms with van der Waals surface area (Å²) in [5.74, 6) is -0.641. The van der Waals surface area contributed by atoms with Crippen LogP contribution in [0.15, 0.2) is 54.9 Å². The number of hydrogen-bond acceptors (Lipinski definition) is 3. The fraction of sp³-hybridized carbons (Fsp3) is 0.360. The Hall–Kier alpha value is -2.84. The monoisotopic (exact) mass is 490 g/mol. The molecule has 1 fully saturated rings. The van der Waals surface area contributed by atoms with Gasteiger partial charge in [-0.1, -0.05) is 42.3 Å². The van der Waals surface area contributed by atoms with Gasteiger partial charge in [-0.3, -0.25) is 9.48 Å². The number of carbonyl (C=O) groups excluding carboxylic acids is 1. The maximum absolute atomic E-state index is 13.3. The van der Waals surface area contributed by atoms with Crippen LogP contribution < -0.4 is 10.6 Å². The lowest BCUT2D eigenvalue weighted by atomic mass is 9.90. The van der Waals surface area contributed by atoms with Gasteiger partial charge in [-0.2, -0.15) is 18.3 Å². The van der Waals surface area contributed by atoms with Crippen LogP contribution in [0.4, 0.5) is 13.2 Å². The van der Waals surface area contributed by atoms with Crippen molar-refractivity contribution < 1.29 is 18.0 Å². The summed E-state index contributed by atoms with van der Waals surface area (Å²) < 4.78 is 41.8. The highest BCUT2D eigenvalue weighted by atomic mass is 35.5. The third-order valence-electron chi connectivity index (χ3n) is 6.12. The number of hydrogen-bond donors (Lipinski definition) is 2. The van der Waals surface area contributed by atoms with E-state index in [1.807, 2.05) is 42.1 Å². The number of alkyl halides is 3. The molecule has 4 rings (SSSR count). The normalized spacial score (nSPS) is 17.4. The third-order valence-corrected chi connectivity index (χ3v) is 6.53. The van der Waals surface area contributed by atoms with Gasteiger partial charge in [-0.15, -0.1) is 0 Å². The second kappa shape index (κ2) is 10.2. The summed E-state index contributed by atoms with van der Waals surface area (Å²) >= 11 is 6.02. The van der Waals surface area contributed by atoms with E-state index >= 15 is 0 Å². The van der Waals surface area contributed by atoms with Gasteiger partial charge in [0.2, 0.25) is 0 Å². The Balaban J connectivity index is 1.67. The van der Waals surface area contributed by atoms with E-state index in [2.05, 4.69) is 15.7 Å². The van der Waals surface area contributed by atoms with Crippen LogP contribution in [0.5, 0.6) is 0 Å². The molecule has 1 amide bonds. The molecule has 1 aliphatic rings. The number of carbonyl (C=O) groups is 1. The minimum Gasteiger partial charge on any atom is -0.344 e. The van der Waals surface area contributed by atoms with Crippen LogP contribution in [-0.4, -0.2) is 28.3 Å². The minimum absolute atomic E-state index is 0.0594. The lowest BCUT2D eigenvalue weighted by Crippen LogP contribution is -2.46. The number of halogens is 4. The highest BCUT2D eigenvalue weighted by Gasteiger charge is 2.35. The Morgan fingerprint density at radius 2 is 2.03 bits per heavy atom. The summed E-state index contributed by atoms with van der Waals surface area (Å²) in [6.45, 7) is 3.57. The Morgan fingerprint density at radius 3 is 2.71 bits per heavy atom. The minimum atomic E-state index is -4.64. The second-order valence-corrected chi connectivity index (χ2v) is 8.76. The van der Waals surface area contributed by atoms with Crippen molar-refractivity contribution in [3.8, 4) is 11.1 Å². The molecule has 3 aromatic rings. The summed E-state index contributed by atoms with van der Waals surface area (Å²) in [5, 5.41) is 10.1. The van der Waals surface area contributed by atoms with Crippen molar-refractivity contribution >= 4 is 17.5 Å². The standard InChI is InChI=1S/C25H26ClF3N4O/c1-2-33-15-18(14-31-33)16-7-5-8-17(13-16)23(21-11-3-4-12-30-21)32-24(34)19-9-6-10-20(22(19)26)25(27,28)29/h5-10,13-15,21,23,30H,2-4,11-12H2,1H3,(H,32,34)/t21-,23-/m0/s1. The molecule has 5 nitrogen and oxygen atoms in total. The molecule has 0 spiro atoms. The summed E-state index contributed by atoms with van der Waals surface area (Å²) in [4.78, 5) is 13.2. The number of benzene rings is 2. The van der Waals surface area contributed by atoms with Gasteiger partial charge in [0.05, 0.1) is 28.4 Å². The van der Waals surface area contributed by atoms with Crippen LogP contribution in [0.2, 0.25) is 5.02 Å². The van der Waals surface area contributed by atoms with E-state index in [0.717, 1.165) is 55.1 Å². The average Bonchev–Trinajstić information content (AvgIpc) is 3.32. The first-order chi connectivity index (χ1) is 16.3. The zero-order valence-corrected chi connectivity index (χ0v) is 19.5. The predicted molar refractivity (Wildman–Crippen MR) is 126 cm³/mol. The SMILES string of the molecule is CCn1cc(-c2cccc([C@H](NC(=O)c3cccc(C(F)(F)F)c3Cl)[C@@H]3CCCCN3)c2)cn1. The molecule has 0 radical (unpaired) electrons. The van der Waals surface area contributed by atoms with Gasteiger partial charge in [0.15, 0.2) is 0 Å². The molecular formula is C25H26ClF3N4O. The first-order valence-corrected chi connectivity index (χ1v) is 11.7. The van der Waals surface area contributed by atoms with Crippen molar-refractivity contribution in [1.82, 2.24) is 20.4 Å². The van der Waals surface area contributed by atoms with Crippen molar-refractivity contribution in [2.75, 3.05) is 6.54 Å². The van der Waals surface area contributed by atoms with Gasteiger partial charge in [0.25, 0.3) is 5.91 Å². The first-order valence-electron chi connectivity index (χ1n) is 11.3. The molecule has 1 aliphatic heterocycles. The first kappa shape index (κ1) is 24.3.